The van der Waals surface area contributed by atoms with Crippen LogP contribution in [0.15, 0.2) is 48.5 Å². The van der Waals surface area contributed by atoms with E-state index in [-0.39, 0.29) is 132 Å². The zero-order valence-electron chi connectivity index (χ0n) is 52.4. The van der Waals surface area contributed by atoms with Crippen LogP contribution in [-0.4, -0.2) is 53.8 Å². The summed E-state index contributed by atoms with van der Waals surface area (Å²) in [6.45, 7) is 24.7. The predicted molar refractivity (Wildman–Crippen MR) is 323 cm³/mol. The number of aryl methyl sites for hydroxylation is 8. The molecule has 0 aromatic carbocycles. The smallest absolute Gasteiger partial charge is 0.657 e. The summed E-state index contributed by atoms with van der Waals surface area (Å²) in [7, 11) is 0. The molecule has 19 heteroatoms. The molecule has 0 radical (unpaired) electrons. The van der Waals surface area contributed by atoms with Crippen LogP contribution in [0.5, 0.6) is 0 Å². The van der Waals surface area contributed by atoms with E-state index in [4.69, 9.17) is 29.9 Å². The molecule has 0 atom stereocenters. The van der Waals surface area contributed by atoms with Gasteiger partial charge in [-0.3, -0.25) is 0 Å². The molecule has 4 aliphatic heterocycles. The number of nitrogens with zero attached hydrogens (tertiary/aromatic N) is 6. The van der Waals surface area contributed by atoms with Crippen molar-refractivity contribution < 1.29 is 120 Å². The fourth-order valence-electron chi connectivity index (χ4n) is 12.3. The topological polar surface area (TPSA) is 272 Å². The maximum atomic E-state index is 11.4. The van der Waals surface area contributed by atoms with E-state index in [0.29, 0.717) is 28.1 Å². The number of fused-ring (bicyclic) bond motifs is 16. The Balaban J connectivity index is 0.000000269. The van der Waals surface area contributed by atoms with Gasteiger partial charge in [-0.25, -0.2) is 19.9 Å². The molecule has 0 aliphatic carbocycles. The normalized spacial score (nSPS) is 12.8. The first-order valence-electron chi connectivity index (χ1n) is 29.0. The molecule has 2 N–H and O–H groups in total. The molecule has 10 heterocycles. The van der Waals surface area contributed by atoms with E-state index in [0.717, 1.165) is 171 Å². The summed E-state index contributed by atoms with van der Waals surface area (Å²) in [6.07, 6.45) is 3.80. The number of hydrogen-bond acceptors (Lipinski definition) is 12. The number of aromatic amines is 2. The van der Waals surface area contributed by atoms with Crippen molar-refractivity contribution in [2.24, 2.45) is 0 Å². The van der Waals surface area contributed by atoms with Crippen LogP contribution >= 0.6 is 0 Å². The average Bonchev–Trinajstić information content (AvgIpc) is 1.70. The van der Waals surface area contributed by atoms with Crippen LogP contribution in [0.1, 0.15) is 197 Å². The maximum absolute atomic E-state index is 11.4. The molecule has 0 amide bonds. The Kier molecular flexibility index (Phi) is 23.6. The van der Waals surface area contributed by atoms with E-state index in [1.165, 1.54) is 5.56 Å². The van der Waals surface area contributed by atoms with Crippen molar-refractivity contribution in [3.63, 3.8) is 0 Å². The van der Waals surface area contributed by atoms with Crippen molar-refractivity contribution in [2.75, 3.05) is 0 Å². The van der Waals surface area contributed by atoms with Gasteiger partial charge in [0.05, 0.1) is 45.6 Å². The van der Waals surface area contributed by atoms with Gasteiger partial charge in [0.15, 0.2) is 0 Å². The molecule has 0 saturated heterocycles. The Morgan fingerprint density at radius 2 is 0.655 bits per heavy atom. The average molecular weight is 1370 g/mol. The first-order chi connectivity index (χ1) is 40.0. The van der Waals surface area contributed by atoms with Crippen molar-refractivity contribution in [1.82, 2.24) is 39.9 Å². The Bertz CT molecular complexity index is 4000. The second-order valence-electron chi connectivity index (χ2n) is 22.1. The maximum Gasteiger partial charge on any atom is 4.00 e. The number of rotatable bonds is 16. The minimum absolute atomic E-state index is 0. The molecule has 10 rings (SSSR count). The van der Waals surface area contributed by atoms with Crippen LogP contribution in [-0.2, 0) is 65.9 Å². The summed E-state index contributed by atoms with van der Waals surface area (Å²) < 4.78 is 0. The number of hydrogen-bond donors (Lipinski definition) is 2. The van der Waals surface area contributed by atoms with Gasteiger partial charge < -0.3 is 59.5 Å². The number of carbonyl (C=O) groups excluding carboxylic acids is 4. The molecule has 6 aromatic heterocycles. The van der Waals surface area contributed by atoms with Crippen LogP contribution in [0, 0.1) is 27.7 Å². The Labute approximate surface area is 565 Å². The van der Waals surface area contributed by atoms with Gasteiger partial charge in [-0.1, -0.05) is 74.2 Å². The third kappa shape index (κ3) is 14.6. The first kappa shape index (κ1) is 69.9. The molecular formula is C68H70N8Na2O8Pt. The molecule has 6 aromatic rings. The Hall–Kier alpha value is -6.23. The molecule has 0 unspecified atom stereocenters. The van der Waals surface area contributed by atoms with Gasteiger partial charge in [0.1, 0.15) is 0 Å². The van der Waals surface area contributed by atoms with Gasteiger partial charge in [0, 0.05) is 45.9 Å². The van der Waals surface area contributed by atoms with E-state index in [2.05, 4.69) is 77.5 Å². The number of nitrogens with one attached hydrogen (secondary N) is 2. The molecule has 87 heavy (non-hydrogen) atoms. The van der Waals surface area contributed by atoms with Gasteiger partial charge in [-0.05, 0) is 224 Å². The molecule has 0 fully saturated rings. The Morgan fingerprint density at radius 3 is 1.11 bits per heavy atom. The van der Waals surface area contributed by atoms with Gasteiger partial charge in [-0.2, -0.15) is 0 Å². The number of carboxylic acid groups (broad SMARTS) is 4. The minimum atomic E-state index is -1.14. The quantitative estimate of drug-likeness (QED) is 0.132. The monoisotopic (exact) mass is 1370 g/mol. The number of aromatic nitrogens is 8. The zero-order valence-corrected chi connectivity index (χ0v) is 58.6. The van der Waals surface area contributed by atoms with Crippen molar-refractivity contribution in [2.45, 2.75) is 160 Å². The summed E-state index contributed by atoms with van der Waals surface area (Å²) >= 11 is 0. The molecule has 0 saturated carbocycles. The van der Waals surface area contributed by atoms with E-state index in [1.54, 1.807) is 0 Å². The van der Waals surface area contributed by atoms with E-state index < -0.39 is 23.9 Å². The Morgan fingerprint density at radius 1 is 0.356 bits per heavy atom. The van der Waals surface area contributed by atoms with Crippen LogP contribution in [0.3, 0.4) is 0 Å². The van der Waals surface area contributed by atoms with Crippen LogP contribution < -0.4 is 89.5 Å². The molecule has 16 nitrogen and oxygen atoms in total. The van der Waals surface area contributed by atoms with Crippen molar-refractivity contribution in [3.8, 4) is 0 Å². The molecule has 0 spiro atoms. The van der Waals surface area contributed by atoms with E-state index in [9.17, 15) is 39.6 Å². The van der Waals surface area contributed by atoms with Crippen LogP contribution in [0.25, 0.3) is 88.7 Å². The number of carboxylic acids is 4. The first-order valence-corrected chi connectivity index (χ1v) is 29.0. The van der Waals surface area contributed by atoms with Gasteiger partial charge >= 0.3 is 80.2 Å². The van der Waals surface area contributed by atoms with E-state index >= 15 is 0 Å². The zero-order chi connectivity index (χ0) is 60.6. The predicted octanol–water partition coefficient (Wildman–Crippen LogP) is 3.22. The van der Waals surface area contributed by atoms with Crippen molar-refractivity contribution in [1.29, 1.82) is 0 Å². The third-order valence-corrected chi connectivity index (χ3v) is 17.2. The summed E-state index contributed by atoms with van der Waals surface area (Å²) in [4.78, 5) is 82.7. The fourth-order valence-corrected chi connectivity index (χ4v) is 12.3. The SMILES string of the molecule is CCC1=C(C)c2cc3[n-]c(cc4nc(cc5[n-]c(cc1n2)c(C)c5CCC(=O)[O-])C(CCC(=O)[O-])=C4C)c(C)c3CC.CCC1=C(C)c2cc3[nH]c(cc4nc(cc5[nH]c(cc1n2)c(C)c5CCC(=O)[O-])C(CCC(=O)[O-])=C4C)c(C)c3CC.[Na+].[Na+].[Pt+4]. The van der Waals surface area contributed by atoms with Crippen LogP contribution in [0.2, 0.25) is 0 Å². The van der Waals surface area contributed by atoms with Crippen LogP contribution in [0.4, 0.5) is 0 Å². The summed E-state index contributed by atoms with van der Waals surface area (Å²) in [6, 6.07) is 15.9. The number of allylic oxidation sites excluding steroid dienone is 8. The summed E-state index contributed by atoms with van der Waals surface area (Å²) in [5, 5.41) is 45.7. The standard InChI is InChI=1S/2C34H38N4O4.2Na.Pt/c2*1-7-21-17(3)25-13-26-19(5)23(9-11-33(39)40)31(37-26)16-32-24(10-12-34(41)42)20(6)28(38-32)15-30-22(8-2)18(4)27(36-30)14-29(21)35-25;;;/h13-16H,7-12H2,1-6H3,(H4,35,36,37,38,39,40,41,42);13-16,35,38H,7-12H2,1-6H3,(H,39,40)(H,41,42);;;/q;;2*+1;+4/p-6. The van der Waals surface area contributed by atoms with E-state index in [1.807, 2.05) is 64.1 Å². The molecule has 442 valence electrons. The van der Waals surface area contributed by atoms with Gasteiger partial charge in [0.2, 0.25) is 0 Å². The largest absolute Gasteiger partial charge is 4.00 e. The molecular weight excluding hydrogens is 1300 g/mol. The fraction of sp³-hybridized carbons (Fsp3) is 0.353. The minimum Gasteiger partial charge on any atom is -0.657 e. The number of aliphatic carboxylic acids is 4. The van der Waals surface area contributed by atoms with Crippen molar-refractivity contribution in [3.05, 3.63) is 139 Å². The molecule has 4 aliphatic rings. The van der Waals surface area contributed by atoms with Gasteiger partial charge in [-0.15, -0.1) is 22.1 Å². The van der Waals surface area contributed by atoms with Gasteiger partial charge in [0.25, 0.3) is 0 Å². The molecule has 16 bridgehead atoms. The second-order valence-corrected chi connectivity index (χ2v) is 22.1. The number of carbonyl (C=O) groups is 4. The third-order valence-electron chi connectivity index (χ3n) is 17.2. The second kappa shape index (κ2) is 29.4. The number of H-pyrrole nitrogens is 2. The summed E-state index contributed by atoms with van der Waals surface area (Å²) in [5.74, 6) is -4.51. The summed E-state index contributed by atoms with van der Waals surface area (Å²) in [5.41, 5.74) is 28.7. The van der Waals surface area contributed by atoms with Crippen molar-refractivity contribution >= 4 is 113 Å².